The van der Waals surface area contributed by atoms with E-state index in [1.54, 1.807) is 20.0 Å². The van der Waals surface area contributed by atoms with Crippen LogP contribution < -0.4 is 5.32 Å². The van der Waals surface area contributed by atoms with Gasteiger partial charge in [-0.2, -0.15) is 0 Å². The van der Waals surface area contributed by atoms with E-state index in [2.05, 4.69) is 5.32 Å². The number of benzene rings is 1. The number of rotatable bonds is 3. The Labute approximate surface area is 98.3 Å². The van der Waals surface area contributed by atoms with Crippen molar-refractivity contribution in [3.8, 4) is 0 Å². The Balaban J connectivity index is 2.49. The molecular weight excluding hydrogens is 224 g/mol. The number of furan rings is 1. The van der Waals surface area contributed by atoms with Crippen LogP contribution in [-0.2, 0) is 0 Å². The average molecular weight is 237 g/mol. The molecule has 1 unspecified atom stereocenters. The van der Waals surface area contributed by atoms with E-state index in [1.165, 1.54) is 24.5 Å². The van der Waals surface area contributed by atoms with Gasteiger partial charge in [0.1, 0.15) is 17.4 Å². The molecule has 1 aromatic carbocycles. The Morgan fingerprint density at radius 3 is 2.35 bits per heavy atom. The molecular formula is C13H13F2NO. The van der Waals surface area contributed by atoms with E-state index in [9.17, 15) is 8.78 Å². The Bertz CT molecular complexity index is 502. The lowest BCUT2D eigenvalue weighted by Gasteiger charge is -2.16. The lowest BCUT2D eigenvalue weighted by Crippen LogP contribution is -2.19. The van der Waals surface area contributed by atoms with Crippen LogP contribution in [0.4, 0.5) is 8.78 Å². The van der Waals surface area contributed by atoms with Gasteiger partial charge in [-0.1, -0.05) is 6.07 Å². The molecule has 1 aromatic heterocycles. The number of hydrogen-bond acceptors (Lipinski definition) is 2. The van der Waals surface area contributed by atoms with Crippen molar-refractivity contribution in [3.63, 3.8) is 0 Å². The van der Waals surface area contributed by atoms with E-state index >= 15 is 0 Å². The van der Waals surface area contributed by atoms with Crippen LogP contribution in [0.25, 0.3) is 0 Å². The smallest absolute Gasteiger partial charge is 0.131 e. The second kappa shape index (κ2) is 4.67. The average Bonchev–Trinajstić information content (AvgIpc) is 2.70. The summed E-state index contributed by atoms with van der Waals surface area (Å²) in [6.07, 6.45) is 1.50. The number of nitrogens with one attached hydrogen (secondary N) is 1. The van der Waals surface area contributed by atoms with E-state index in [0.717, 1.165) is 0 Å². The number of aryl methyl sites for hydroxylation is 1. The highest BCUT2D eigenvalue weighted by atomic mass is 19.1. The maximum absolute atomic E-state index is 13.7. The van der Waals surface area contributed by atoms with Gasteiger partial charge < -0.3 is 9.73 Å². The molecule has 4 heteroatoms. The van der Waals surface area contributed by atoms with Gasteiger partial charge in [-0.05, 0) is 32.2 Å². The lowest BCUT2D eigenvalue weighted by atomic mass is 10.00. The van der Waals surface area contributed by atoms with Crippen LogP contribution in [-0.4, -0.2) is 7.05 Å². The van der Waals surface area contributed by atoms with Crippen LogP contribution in [0, 0.1) is 18.6 Å². The van der Waals surface area contributed by atoms with Crippen LogP contribution in [0.1, 0.15) is 22.9 Å². The Hall–Kier alpha value is -1.68. The highest BCUT2D eigenvalue weighted by Gasteiger charge is 2.21. The third-order valence-corrected chi connectivity index (χ3v) is 2.66. The van der Waals surface area contributed by atoms with E-state index in [4.69, 9.17) is 4.42 Å². The van der Waals surface area contributed by atoms with E-state index in [-0.39, 0.29) is 5.56 Å². The zero-order chi connectivity index (χ0) is 12.4. The predicted octanol–water partition coefficient (Wildman–Crippen LogP) is 3.18. The second-order valence-corrected chi connectivity index (χ2v) is 3.85. The molecule has 0 amide bonds. The van der Waals surface area contributed by atoms with Crippen LogP contribution in [0.5, 0.6) is 0 Å². The fraction of sp³-hybridized carbons (Fsp3) is 0.231. The molecule has 2 aromatic rings. The van der Waals surface area contributed by atoms with Crippen molar-refractivity contribution in [2.75, 3.05) is 7.05 Å². The van der Waals surface area contributed by atoms with Crippen molar-refractivity contribution in [2.45, 2.75) is 13.0 Å². The molecule has 17 heavy (non-hydrogen) atoms. The van der Waals surface area contributed by atoms with Crippen molar-refractivity contribution in [1.82, 2.24) is 5.32 Å². The maximum Gasteiger partial charge on any atom is 0.131 e. The molecule has 1 heterocycles. The fourth-order valence-electron chi connectivity index (χ4n) is 1.88. The summed E-state index contributed by atoms with van der Waals surface area (Å²) in [5, 5.41) is 2.89. The molecule has 0 radical (unpaired) electrons. The quantitative estimate of drug-likeness (QED) is 0.887. The Morgan fingerprint density at radius 2 is 1.88 bits per heavy atom. The first-order chi connectivity index (χ1) is 8.13. The van der Waals surface area contributed by atoms with Crippen LogP contribution in [0.3, 0.4) is 0 Å². The van der Waals surface area contributed by atoms with Crippen molar-refractivity contribution < 1.29 is 13.2 Å². The fourth-order valence-corrected chi connectivity index (χ4v) is 1.88. The summed E-state index contributed by atoms with van der Waals surface area (Å²) in [5.74, 6) is -0.427. The topological polar surface area (TPSA) is 25.2 Å². The molecule has 90 valence electrons. The molecule has 0 aliphatic heterocycles. The summed E-state index contributed by atoms with van der Waals surface area (Å²) < 4.78 is 32.5. The van der Waals surface area contributed by atoms with Gasteiger partial charge >= 0.3 is 0 Å². The van der Waals surface area contributed by atoms with Gasteiger partial charge in [-0.15, -0.1) is 0 Å². The molecule has 2 rings (SSSR count). The van der Waals surface area contributed by atoms with Gasteiger partial charge in [0.05, 0.1) is 12.3 Å². The van der Waals surface area contributed by atoms with Crippen molar-refractivity contribution in [2.24, 2.45) is 0 Å². The molecule has 1 N–H and O–H groups in total. The molecule has 0 spiro atoms. The molecule has 1 atom stereocenters. The third-order valence-electron chi connectivity index (χ3n) is 2.66. The lowest BCUT2D eigenvalue weighted by molar-refractivity contribution is 0.509. The molecule has 2 nitrogen and oxygen atoms in total. The van der Waals surface area contributed by atoms with Crippen LogP contribution in [0.15, 0.2) is 34.9 Å². The zero-order valence-electron chi connectivity index (χ0n) is 9.63. The summed E-state index contributed by atoms with van der Waals surface area (Å²) in [4.78, 5) is 0. The zero-order valence-corrected chi connectivity index (χ0v) is 9.63. The van der Waals surface area contributed by atoms with Gasteiger partial charge in [-0.3, -0.25) is 0 Å². The summed E-state index contributed by atoms with van der Waals surface area (Å²) in [7, 11) is 1.65. The summed E-state index contributed by atoms with van der Waals surface area (Å²) in [6.45, 7) is 1.79. The third kappa shape index (κ3) is 2.22. The van der Waals surface area contributed by atoms with E-state index in [0.29, 0.717) is 11.3 Å². The van der Waals surface area contributed by atoms with Crippen LogP contribution in [0.2, 0.25) is 0 Å². The van der Waals surface area contributed by atoms with Crippen molar-refractivity contribution in [1.29, 1.82) is 0 Å². The monoisotopic (exact) mass is 237 g/mol. The first-order valence-corrected chi connectivity index (χ1v) is 5.29. The first kappa shape index (κ1) is 11.8. The van der Waals surface area contributed by atoms with Crippen molar-refractivity contribution in [3.05, 3.63) is 59.1 Å². The van der Waals surface area contributed by atoms with Gasteiger partial charge in [0.25, 0.3) is 0 Å². The van der Waals surface area contributed by atoms with Crippen LogP contribution >= 0.6 is 0 Å². The van der Waals surface area contributed by atoms with Gasteiger partial charge in [-0.25, -0.2) is 8.78 Å². The molecule has 0 fully saturated rings. The van der Waals surface area contributed by atoms with Crippen molar-refractivity contribution >= 4 is 0 Å². The summed E-state index contributed by atoms with van der Waals surface area (Å²) in [5.41, 5.74) is 0.713. The minimum absolute atomic E-state index is 0.0100. The largest absolute Gasteiger partial charge is 0.469 e. The van der Waals surface area contributed by atoms with Gasteiger partial charge in [0, 0.05) is 11.1 Å². The summed E-state index contributed by atoms with van der Waals surface area (Å²) in [6, 6.07) is 5.05. The summed E-state index contributed by atoms with van der Waals surface area (Å²) >= 11 is 0. The highest BCUT2D eigenvalue weighted by molar-refractivity contribution is 5.32. The molecule has 0 aliphatic carbocycles. The standard InChI is InChI=1S/C13H13F2NO/c1-8-6-9(7-17-8)13(16-2)12-10(14)4-3-5-11(12)15/h3-7,13,16H,1-2H3. The molecule has 0 aliphatic rings. The maximum atomic E-state index is 13.7. The normalized spacial score (nSPS) is 12.7. The first-order valence-electron chi connectivity index (χ1n) is 5.29. The molecule has 0 bridgehead atoms. The molecule has 0 saturated heterocycles. The highest BCUT2D eigenvalue weighted by Crippen LogP contribution is 2.27. The number of hydrogen-bond donors (Lipinski definition) is 1. The molecule has 0 saturated carbocycles. The van der Waals surface area contributed by atoms with E-state index < -0.39 is 17.7 Å². The SMILES string of the molecule is CNC(c1coc(C)c1)c1c(F)cccc1F. The second-order valence-electron chi connectivity index (χ2n) is 3.85. The number of halogens is 2. The predicted molar refractivity (Wildman–Crippen MR) is 60.7 cm³/mol. The minimum atomic E-state index is -0.566. The minimum Gasteiger partial charge on any atom is -0.469 e. The van der Waals surface area contributed by atoms with E-state index in [1.807, 2.05) is 0 Å². The Morgan fingerprint density at radius 1 is 1.24 bits per heavy atom. The Kier molecular flexibility index (Phi) is 3.24. The van der Waals surface area contributed by atoms with Gasteiger partial charge in [0.2, 0.25) is 0 Å². The van der Waals surface area contributed by atoms with Gasteiger partial charge in [0.15, 0.2) is 0 Å².